The molecule has 4 rings (SSSR count). The molecule has 2 aromatic rings. The Morgan fingerprint density at radius 1 is 0.821 bits per heavy atom. The van der Waals surface area contributed by atoms with E-state index < -0.39 is 0 Å². The average Bonchev–Trinajstić information content (AvgIpc) is 3.62. The lowest BCUT2D eigenvalue weighted by Gasteiger charge is -2.24. The van der Waals surface area contributed by atoms with Crippen molar-refractivity contribution in [2.24, 2.45) is 0 Å². The van der Waals surface area contributed by atoms with E-state index in [2.05, 4.69) is 60.4 Å². The molecule has 0 unspecified atom stereocenters. The summed E-state index contributed by atoms with van der Waals surface area (Å²) in [6.07, 6.45) is 7.78. The van der Waals surface area contributed by atoms with Crippen LogP contribution in [0.15, 0.2) is 48.5 Å². The molecule has 0 N–H and O–H groups in total. The fraction of sp³-hybridized carbons (Fsp3) is 0.520. The van der Waals surface area contributed by atoms with Crippen LogP contribution in [0.4, 0.5) is 0 Å². The second-order valence-electron chi connectivity index (χ2n) is 8.63. The summed E-state index contributed by atoms with van der Waals surface area (Å²) in [6.45, 7) is 5.55. The molecular formula is C25H31Cl2N. The van der Waals surface area contributed by atoms with Gasteiger partial charge in [0.25, 0.3) is 0 Å². The number of benzene rings is 2. The molecule has 2 aliphatic rings. The Labute approximate surface area is 180 Å². The zero-order chi connectivity index (χ0) is 19.6. The van der Waals surface area contributed by atoms with Crippen LogP contribution >= 0.6 is 23.2 Å². The summed E-state index contributed by atoms with van der Waals surface area (Å²) in [7, 11) is 0. The van der Waals surface area contributed by atoms with Crippen LogP contribution in [-0.4, -0.2) is 18.0 Å². The molecule has 1 nitrogen and oxygen atoms in total. The third-order valence-electron chi connectivity index (χ3n) is 6.21. The summed E-state index contributed by atoms with van der Waals surface area (Å²) in [4.78, 5) is 2.33. The Kier molecular flexibility index (Phi) is 6.06. The minimum Gasteiger partial charge on any atom is -0.299 e. The fourth-order valence-electron chi connectivity index (χ4n) is 4.36. The van der Waals surface area contributed by atoms with Crippen LogP contribution in [0.1, 0.15) is 67.7 Å². The van der Waals surface area contributed by atoms with E-state index in [9.17, 15) is 0 Å². The van der Waals surface area contributed by atoms with Gasteiger partial charge in [-0.15, -0.1) is 23.2 Å². The molecule has 0 atom stereocenters. The summed E-state index contributed by atoms with van der Waals surface area (Å²) < 4.78 is 0. The first-order chi connectivity index (χ1) is 13.5. The van der Waals surface area contributed by atoms with Crippen LogP contribution in [0.3, 0.4) is 0 Å². The van der Waals surface area contributed by atoms with E-state index in [1.54, 1.807) is 0 Å². The van der Waals surface area contributed by atoms with Crippen LogP contribution in [0.2, 0.25) is 0 Å². The Morgan fingerprint density at radius 3 is 1.96 bits per heavy atom. The molecule has 28 heavy (non-hydrogen) atoms. The second-order valence-corrected chi connectivity index (χ2v) is 10.1. The van der Waals surface area contributed by atoms with Crippen molar-refractivity contribution in [2.75, 3.05) is 13.1 Å². The van der Waals surface area contributed by atoms with E-state index in [-0.39, 0.29) is 9.75 Å². The van der Waals surface area contributed by atoms with E-state index in [0.717, 1.165) is 58.2 Å². The van der Waals surface area contributed by atoms with E-state index in [1.165, 1.54) is 28.7 Å². The molecule has 0 bridgehead atoms. The van der Waals surface area contributed by atoms with Crippen LogP contribution in [0.25, 0.3) is 0 Å². The van der Waals surface area contributed by atoms with Crippen molar-refractivity contribution in [3.8, 4) is 0 Å². The lowest BCUT2D eigenvalue weighted by atomic mass is 9.91. The average molecular weight is 416 g/mol. The standard InChI is InChI=1S/C25H31Cl2N/c1-2-17-28(19-20-8-4-3-5-9-20)18-7-10-21-22(24(26)13-14-24)11-6-12-23(21)25(27)15-16-25/h3-6,8-9,11-12H,2,7,10,13-19H2,1H3. The molecule has 2 aromatic carbocycles. The van der Waals surface area contributed by atoms with Gasteiger partial charge in [0.2, 0.25) is 0 Å². The highest BCUT2D eigenvalue weighted by molar-refractivity contribution is 6.27. The van der Waals surface area contributed by atoms with Crippen LogP contribution in [0, 0.1) is 0 Å². The number of hydrogen-bond donors (Lipinski definition) is 0. The zero-order valence-corrected chi connectivity index (χ0v) is 18.4. The number of halogens is 2. The van der Waals surface area contributed by atoms with Crippen molar-refractivity contribution in [3.63, 3.8) is 0 Å². The highest BCUT2D eigenvalue weighted by Gasteiger charge is 2.48. The first kappa shape index (κ1) is 20.3. The van der Waals surface area contributed by atoms with Crippen molar-refractivity contribution in [2.45, 2.75) is 68.2 Å². The maximum absolute atomic E-state index is 6.86. The maximum Gasteiger partial charge on any atom is 0.0699 e. The number of nitrogens with zero attached hydrogens (tertiary/aromatic N) is 1. The van der Waals surface area contributed by atoms with Gasteiger partial charge >= 0.3 is 0 Å². The SMILES string of the molecule is CCCN(CCCc1c(C2(Cl)CC2)cccc1C1(Cl)CC1)Cc1ccccc1. The minimum absolute atomic E-state index is 0.124. The van der Waals surface area contributed by atoms with Crippen molar-refractivity contribution >= 4 is 23.2 Å². The summed E-state index contributed by atoms with van der Waals surface area (Å²) in [5.74, 6) is 0. The number of alkyl halides is 2. The van der Waals surface area contributed by atoms with Gasteiger partial charge in [-0.05, 0) is 80.3 Å². The van der Waals surface area contributed by atoms with Gasteiger partial charge in [0.15, 0.2) is 0 Å². The quantitative estimate of drug-likeness (QED) is 0.378. The molecule has 2 aliphatic carbocycles. The third-order valence-corrected chi connectivity index (χ3v) is 7.37. The molecule has 0 amide bonds. The normalized spacial score (nSPS) is 19.0. The van der Waals surface area contributed by atoms with Gasteiger partial charge in [-0.25, -0.2) is 0 Å². The Balaban J connectivity index is 1.46. The number of hydrogen-bond acceptors (Lipinski definition) is 1. The van der Waals surface area contributed by atoms with Gasteiger partial charge in [0, 0.05) is 6.54 Å². The van der Waals surface area contributed by atoms with Crippen molar-refractivity contribution in [3.05, 3.63) is 70.8 Å². The Bertz CT molecular complexity index is 757. The highest BCUT2D eigenvalue weighted by atomic mass is 35.5. The van der Waals surface area contributed by atoms with Crippen molar-refractivity contribution < 1.29 is 0 Å². The van der Waals surface area contributed by atoms with Gasteiger partial charge < -0.3 is 0 Å². The molecule has 0 aromatic heterocycles. The fourth-order valence-corrected chi connectivity index (χ4v) is 4.90. The highest BCUT2D eigenvalue weighted by Crippen LogP contribution is 2.58. The van der Waals surface area contributed by atoms with Gasteiger partial charge in [-0.3, -0.25) is 4.90 Å². The third kappa shape index (κ3) is 4.58. The van der Waals surface area contributed by atoms with E-state index in [0.29, 0.717) is 0 Å². The summed E-state index contributed by atoms with van der Waals surface area (Å²) >= 11 is 13.7. The number of rotatable bonds is 10. The first-order valence-electron chi connectivity index (χ1n) is 10.8. The van der Waals surface area contributed by atoms with Crippen LogP contribution in [0.5, 0.6) is 0 Å². The van der Waals surface area contributed by atoms with E-state index in [1.807, 2.05) is 0 Å². The predicted octanol–water partition coefficient (Wildman–Crippen LogP) is 6.99. The topological polar surface area (TPSA) is 3.24 Å². The predicted molar refractivity (Wildman–Crippen MR) is 120 cm³/mol. The molecule has 0 radical (unpaired) electrons. The molecule has 0 heterocycles. The molecule has 0 spiro atoms. The van der Waals surface area contributed by atoms with E-state index in [4.69, 9.17) is 23.2 Å². The Hall–Kier alpha value is -1.02. The van der Waals surface area contributed by atoms with E-state index >= 15 is 0 Å². The monoisotopic (exact) mass is 415 g/mol. The maximum atomic E-state index is 6.86. The van der Waals surface area contributed by atoms with Crippen molar-refractivity contribution in [1.29, 1.82) is 0 Å². The van der Waals surface area contributed by atoms with Crippen molar-refractivity contribution in [1.82, 2.24) is 4.90 Å². The Morgan fingerprint density at radius 2 is 1.43 bits per heavy atom. The zero-order valence-electron chi connectivity index (χ0n) is 16.9. The first-order valence-corrected chi connectivity index (χ1v) is 11.6. The largest absolute Gasteiger partial charge is 0.299 e. The second kappa shape index (κ2) is 8.38. The molecule has 0 aliphatic heterocycles. The lowest BCUT2D eigenvalue weighted by Crippen LogP contribution is -2.26. The van der Waals surface area contributed by atoms with Gasteiger partial charge in [-0.1, -0.05) is 55.5 Å². The molecule has 2 fully saturated rings. The molecule has 150 valence electrons. The van der Waals surface area contributed by atoms with Gasteiger partial charge in [-0.2, -0.15) is 0 Å². The van der Waals surface area contributed by atoms with Crippen LogP contribution in [-0.2, 0) is 22.7 Å². The summed E-state index contributed by atoms with van der Waals surface area (Å²) in [5.41, 5.74) is 5.54. The summed E-state index contributed by atoms with van der Waals surface area (Å²) in [5, 5.41) is 0. The van der Waals surface area contributed by atoms with Gasteiger partial charge in [0.05, 0.1) is 9.75 Å². The smallest absolute Gasteiger partial charge is 0.0699 e. The lowest BCUT2D eigenvalue weighted by molar-refractivity contribution is 0.262. The molecule has 3 heteroatoms. The minimum atomic E-state index is -0.124. The van der Waals surface area contributed by atoms with Crippen LogP contribution < -0.4 is 0 Å². The van der Waals surface area contributed by atoms with Gasteiger partial charge in [0.1, 0.15) is 0 Å². The summed E-state index contributed by atoms with van der Waals surface area (Å²) in [6, 6.07) is 17.5. The molecule has 2 saturated carbocycles. The molecular weight excluding hydrogens is 385 g/mol. The molecule has 0 saturated heterocycles.